The third kappa shape index (κ3) is 6.04. The van der Waals surface area contributed by atoms with Crippen molar-refractivity contribution in [1.29, 1.82) is 0 Å². The van der Waals surface area contributed by atoms with Gasteiger partial charge >= 0.3 is 12.1 Å². The summed E-state index contributed by atoms with van der Waals surface area (Å²) in [6.45, 7) is 1.19. The van der Waals surface area contributed by atoms with Gasteiger partial charge in [0.25, 0.3) is 5.91 Å². The fraction of sp³-hybridized carbons (Fsp3) is 0.241. The lowest BCUT2D eigenvalue weighted by molar-refractivity contribution is -0.159. The highest BCUT2D eigenvalue weighted by atomic mass is 19.4. The number of ether oxygens (including phenoxy) is 1. The predicted octanol–water partition coefficient (Wildman–Crippen LogP) is 4.54. The molecule has 0 radical (unpaired) electrons. The quantitative estimate of drug-likeness (QED) is 0.363. The Morgan fingerprint density at radius 1 is 0.950 bits per heavy atom. The summed E-state index contributed by atoms with van der Waals surface area (Å²) in [4.78, 5) is 31.9. The van der Waals surface area contributed by atoms with Crippen molar-refractivity contribution in [2.45, 2.75) is 18.1 Å². The lowest BCUT2D eigenvalue weighted by atomic mass is 9.89. The molecule has 40 heavy (non-hydrogen) atoms. The summed E-state index contributed by atoms with van der Waals surface area (Å²) < 4.78 is 48.1. The standard InChI is InChI=1S/C29H25F3N4O4/c30-29(31,32)28-34-25(35-40-28)21-11-13-22(14-12-21)26(37)33-17-23-18-39-16-15-36(23)27(38)24(19-7-3-1-4-8-19)20-9-5-2-6-10-20/h1-14,23-24H,15-18H2,(H,33,37)/t23-/m0/s1. The molecule has 2 heterocycles. The molecule has 0 unspecified atom stereocenters. The van der Waals surface area contributed by atoms with E-state index in [9.17, 15) is 22.8 Å². The van der Waals surface area contributed by atoms with Gasteiger partial charge in [-0.3, -0.25) is 9.59 Å². The minimum Gasteiger partial charge on any atom is -0.377 e. The molecule has 8 nitrogen and oxygen atoms in total. The maximum absolute atomic E-state index is 13.9. The van der Waals surface area contributed by atoms with Crippen molar-refractivity contribution in [3.63, 3.8) is 0 Å². The Bertz CT molecular complexity index is 1400. The third-order valence-electron chi connectivity index (χ3n) is 6.60. The highest BCUT2D eigenvalue weighted by Gasteiger charge is 2.38. The first-order chi connectivity index (χ1) is 19.3. The molecule has 11 heteroatoms. The average Bonchev–Trinajstić information content (AvgIpc) is 3.49. The molecule has 1 aliphatic heterocycles. The van der Waals surface area contributed by atoms with E-state index in [4.69, 9.17) is 4.74 Å². The Morgan fingerprint density at radius 3 is 2.15 bits per heavy atom. The summed E-state index contributed by atoms with van der Waals surface area (Å²) in [5, 5.41) is 6.19. The highest BCUT2D eigenvalue weighted by molar-refractivity contribution is 5.94. The van der Waals surface area contributed by atoms with E-state index in [1.54, 1.807) is 4.90 Å². The first kappa shape index (κ1) is 27.1. The number of carbonyl (C=O) groups is 2. The van der Waals surface area contributed by atoms with Crippen LogP contribution in [-0.4, -0.2) is 59.2 Å². The zero-order chi connectivity index (χ0) is 28.1. The smallest absolute Gasteiger partial charge is 0.377 e. The zero-order valence-electron chi connectivity index (χ0n) is 21.2. The molecule has 0 spiro atoms. The van der Waals surface area contributed by atoms with Crippen LogP contribution >= 0.6 is 0 Å². The largest absolute Gasteiger partial charge is 0.471 e. The van der Waals surface area contributed by atoms with E-state index >= 15 is 0 Å². The number of nitrogens with zero attached hydrogens (tertiary/aromatic N) is 3. The van der Waals surface area contributed by atoms with Gasteiger partial charge < -0.3 is 19.5 Å². The number of hydrogen-bond acceptors (Lipinski definition) is 6. The summed E-state index contributed by atoms with van der Waals surface area (Å²) >= 11 is 0. The molecule has 0 bridgehead atoms. The van der Waals surface area contributed by atoms with Crippen LogP contribution in [0.2, 0.25) is 0 Å². The molecule has 1 fully saturated rings. The van der Waals surface area contributed by atoms with Gasteiger partial charge in [-0.25, -0.2) is 0 Å². The lowest BCUT2D eigenvalue weighted by Gasteiger charge is -2.38. The Balaban J connectivity index is 1.27. The number of aromatic nitrogens is 2. The Labute approximate surface area is 227 Å². The van der Waals surface area contributed by atoms with Crippen LogP contribution in [0.3, 0.4) is 0 Å². The van der Waals surface area contributed by atoms with Crippen LogP contribution in [0.15, 0.2) is 89.5 Å². The van der Waals surface area contributed by atoms with Crippen molar-refractivity contribution in [2.75, 3.05) is 26.3 Å². The first-order valence-electron chi connectivity index (χ1n) is 12.6. The number of morpholine rings is 1. The summed E-state index contributed by atoms with van der Waals surface area (Å²) in [5.41, 5.74) is 2.29. The van der Waals surface area contributed by atoms with Crippen molar-refractivity contribution in [3.8, 4) is 11.4 Å². The molecule has 206 valence electrons. The van der Waals surface area contributed by atoms with Crippen molar-refractivity contribution in [3.05, 3.63) is 108 Å². The molecule has 1 aliphatic rings. The number of amides is 2. The van der Waals surface area contributed by atoms with Gasteiger partial charge in [0.1, 0.15) is 0 Å². The minimum absolute atomic E-state index is 0.0809. The van der Waals surface area contributed by atoms with Crippen LogP contribution in [0, 0.1) is 0 Å². The van der Waals surface area contributed by atoms with Crippen LogP contribution < -0.4 is 5.32 Å². The third-order valence-corrected chi connectivity index (χ3v) is 6.60. The van der Waals surface area contributed by atoms with E-state index in [1.165, 1.54) is 24.3 Å². The molecule has 2 amide bonds. The van der Waals surface area contributed by atoms with Crippen LogP contribution in [0.4, 0.5) is 13.2 Å². The van der Waals surface area contributed by atoms with E-state index in [-0.39, 0.29) is 42.1 Å². The Hall–Kier alpha value is -4.51. The summed E-state index contributed by atoms with van der Waals surface area (Å²) in [6.07, 6.45) is -4.74. The average molecular weight is 551 g/mol. The van der Waals surface area contributed by atoms with Gasteiger partial charge in [-0.15, -0.1) is 0 Å². The van der Waals surface area contributed by atoms with E-state index in [0.717, 1.165) is 11.1 Å². The fourth-order valence-electron chi connectivity index (χ4n) is 4.59. The molecule has 0 saturated carbocycles. The number of hydrogen-bond donors (Lipinski definition) is 1. The van der Waals surface area contributed by atoms with Crippen molar-refractivity contribution < 1.29 is 32.0 Å². The number of benzene rings is 3. The second kappa shape index (κ2) is 11.7. The predicted molar refractivity (Wildman–Crippen MR) is 138 cm³/mol. The van der Waals surface area contributed by atoms with Crippen molar-refractivity contribution in [1.82, 2.24) is 20.4 Å². The minimum atomic E-state index is -4.74. The van der Waals surface area contributed by atoms with E-state index in [2.05, 4.69) is 20.0 Å². The molecule has 1 atom stereocenters. The lowest BCUT2D eigenvalue weighted by Crippen LogP contribution is -2.54. The maximum Gasteiger partial charge on any atom is 0.471 e. The van der Waals surface area contributed by atoms with Crippen molar-refractivity contribution >= 4 is 11.8 Å². The molecule has 1 saturated heterocycles. The SMILES string of the molecule is O=C(NC[C@H]1COCCN1C(=O)C(c1ccccc1)c1ccccc1)c1ccc(-c2noc(C(F)(F)F)n2)cc1. The number of halogens is 3. The van der Waals surface area contributed by atoms with Crippen molar-refractivity contribution in [2.24, 2.45) is 0 Å². The highest BCUT2D eigenvalue weighted by Crippen LogP contribution is 2.30. The molecular formula is C29H25F3N4O4. The van der Waals surface area contributed by atoms with Gasteiger partial charge in [0.15, 0.2) is 0 Å². The normalized spacial score (nSPS) is 15.7. The molecule has 0 aliphatic carbocycles. The second-order valence-corrected chi connectivity index (χ2v) is 9.22. The monoisotopic (exact) mass is 550 g/mol. The molecule has 1 N–H and O–H groups in total. The van der Waals surface area contributed by atoms with Crippen LogP contribution in [0.5, 0.6) is 0 Å². The van der Waals surface area contributed by atoms with E-state index in [0.29, 0.717) is 13.2 Å². The van der Waals surface area contributed by atoms with Gasteiger partial charge in [-0.05, 0) is 23.3 Å². The number of carbonyl (C=O) groups excluding carboxylic acids is 2. The molecule has 3 aromatic carbocycles. The van der Waals surface area contributed by atoms with Crippen LogP contribution in [0.25, 0.3) is 11.4 Å². The van der Waals surface area contributed by atoms with E-state index < -0.39 is 23.9 Å². The second-order valence-electron chi connectivity index (χ2n) is 9.22. The van der Waals surface area contributed by atoms with Gasteiger partial charge in [0.2, 0.25) is 11.7 Å². The zero-order valence-corrected chi connectivity index (χ0v) is 21.2. The summed E-state index contributed by atoms with van der Waals surface area (Å²) in [7, 11) is 0. The Morgan fingerprint density at radius 2 is 1.57 bits per heavy atom. The fourth-order valence-corrected chi connectivity index (χ4v) is 4.59. The number of rotatable bonds is 7. The molecular weight excluding hydrogens is 525 g/mol. The van der Waals surface area contributed by atoms with Gasteiger partial charge in [0, 0.05) is 24.2 Å². The van der Waals surface area contributed by atoms with Crippen LogP contribution in [0.1, 0.15) is 33.3 Å². The van der Waals surface area contributed by atoms with Crippen LogP contribution in [-0.2, 0) is 15.7 Å². The summed E-state index contributed by atoms with van der Waals surface area (Å²) in [5.74, 6) is -2.67. The first-order valence-corrected chi connectivity index (χ1v) is 12.6. The number of nitrogens with one attached hydrogen (secondary N) is 1. The van der Waals surface area contributed by atoms with Gasteiger partial charge in [0.05, 0.1) is 25.2 Å². The maximum atomic E-state index is 13.9. The molecule has 5 rings (SSSR count). The Kier molecular flexibility index (Phi) is 7.92. The number of alkyl halides is 3. The molecule has 4 aromatic rings. The topological polar surface area (TPSA) is 97.6 Å². The molecule has 1 aromatic heterocycles. The summed E-state index contributed by atoms with van der Waals surface area (Å²) in [6, 6.07) is 24.5. The van der Waals surface area contributed by atoms with E-state index in [1.807, 2.05) is 60.7 Å². The van der Waals surface area contributed by atoms with Gasteiger partial charge in [-0.1, -0.05) is 78.0 Å². The van der Waals surface area contributed by atoms with Gasteiger partial charge in [-0.2, -0.15) is 18.2 Å².